The number of benzene rings is 1. The molecule has 1 aromatic carbocycles. The Morgan fingerprint density at radius 3 is 2.68 bits per heavy atom. The van der Waals surface area contributed by atoms with Crippen molar-refractivity contribution in [1.29, 1.82) is 0 Å². The summed E-state index contributed by atoms with van der Waals surface area (Å²) in [7, 11) is 0. The van der Waals surface area contributed by atoms with Crippen molar-refractivity contribution >= 4 is 38.3 Å². The number of halogens is 1. The van der Waals surface area contributed by atoms with Crippen LogP contribution in [0.15, 0.2) is 28.9 Å². The van der Waals surface area contributed by atoms with Gasteiger partial charge in [-0.3, -0.25) is 9.78 Å². The second-order valence-electron chi connectivity index (χ2n) is 8.35. The van der Waals surface area contributed by atoms with Crippen LogP contribution < -0.4 is 5.32 Å². The molecule has 0 bridgehead atoms. The van der Waals surface area contributed by atoms with E-state index in [-0.39, 0.29) is 5.78 Å². The third kappa shape index (κ3) is 4.41. The van der Waals surface area contributed by atoms with Crippen LogP contribution in [0.3, 0.4) is 0 Å². The fourth-order valence-corrected chi connectivity index (χ4v) is 5.11. The lowest BCUT2D eigenvalue weighted by Crippen LogP contribution is -2.33. The molecule has 1 saturated carbocycles. The highest BCUT2D eigenvalue weighted by Gasteiger charge is 2.25. The predicted molar refractivity (Wildman–Crippen MR) is 119 cm³/mol. The fourth-order valence-electron chi connectivity index (χ4n) is 4.75. The van der Waals surface area contributed by atoms with Gasteiger partial charge in [-0.05, 0) is 75.7 Å². The number of fused-ring (bicyclic) bond motifs is 1. The van der Waals surface area contributed by atoms with E-state index in [1.807, 2.05) is 19.1 Å². The lowest BCUT2D eigenvalue weighted by atomic mass is 9.85. The number of hydrogen-bond donors (Lipinski definition) is 1. The molecule has 0 atom stereocenters. The van der Waals surface area contributed by atoms with Crippen LogP contribution in [0, 0.1) is 5.92 Å². The van der Waals surface area contributed by atoms with E-state index in [9.17, 15) is 4.79 Å². The van der Waals surface area contributed by atoms with Crippen molar-refractivity contribution in [3.63, 3.8) is 0 Å². The first kappa shape index (κ1) is 19.8. The minimum atomic E-state index is 0.152. The van der Waals surface area contributed by atoms with Crippen molar-refractivity contribution in [2.45, 2.75) is 57.9 Å². The van der Waals surface area contributed by atoms with E-state index in [2.05, 4.69) is 37.2 Å². The van der Waals surface area contributed by atoms with Gasteiger partial charge in [-0.1, -0.05) is 22.9 Å². The Kier molecular flexibility index (Phi) is 6.32. The number of Topliss-reactive ketones (excluding diaryl/α,β-unsaturated/α-hetero) is 1. The first-order valence-corrected chi connectivity index (χ1v) is 11.5. The molecule has 0 unspecified atom stereocenters. The maximum absolute atomic E-state index is 12.6. The molecule has 4 nitrogen and oxygen atoms in total. The number of pyridine rings is 1. The molecule has 0 radical (unpaired) electrons. The minimum absolute atomic E-state index is 0.152. The molecule has 2 aliphatic rings. The van der Waals surface area contributed by atoms with Gasteiger partial charge in [-0.15, -0.1) is 0 Å². The van der Waals surface area contributed by atoms with E-state index in [4.69, 9.17) is 0 Å². The van der Waals surface area contributed by atoms with E-state index in [0.29, 0.717) is 12.5 Å². The monoisotopic (exact) mass is 443 g/mol. The minimum Gasteiger partial charge on any atom is -0.381 e. The molecule has 2 aromatic rings. The average molecular weight is 444 g/mol. The number of aromatic nitrogens is 1. The van der Waals surface area contributed by atoms with Crippen LogP contribution in [0.5, 0.6) is 0 Å². The summed E-state index contributed by atoms with van der Waals surface area (Å²) >= 11 is 3.57. The van der Waals surface area contributed by atoms with Gasteiger partial charge in [0.1, 0.15) is 0 Å². The third-order valence-electron chi connectivity index (χ3n) is 6.36. The van der Waals surface area contributed by atoms with E-state index < -0.39 is 0 Å². The SMILES string of the molecule is CCC(=O)c1cnc2ccc(Br)cc2c1NC1CCC(CN2CCCC2)CC1. The van der Waals surface area contributed by atoms with Gasteiger partial charge in [-0.25, -0.2) is 0 Å². The molecular weight excluding hydrogens is 414 g/mol. The van der Waals surface area contributed by atoms with Gasteiger partial charge >= 0.3 is 0 Å². The van der Waals surface area contributed by atoms with Gasteiger partial charge in [0.05, 0.1) is 16.8 Å². The maximum Gasteiger partial charge on any atom is 0.166 e. The van der Waals surface area contributed by atoms with Crippen molar-refractivity contribution in [2.75, 3.05) is 25.0 Å². The molecule has 0 spiro atoms. The first-order valence-electron chi connectivity index (χ1n) is 10.7. The zero-order valence-corrected chi connectivity index (χ0v) is 18.3. The highest BCUT2D eigenvalue weighted by atomic mass is 79.9. The number of carbonyl (C=O) groups is 1. The number of nitrogens with zero attached hydrogens (tertiary/aromatic N) is 2. The summed E-state index contributed by atoms with van der Waals surface area (Å²) in [5.74, 6) is 0.982. The van der Waals surface area contributed by atoms with Gasteiger partial charge in [0, 0.05) is 35.1 Å². The lowest BCUT2D eigenvalue weighted by molar-refractivity contribution is 0.0988. The molecule has 1 aromatic heterocycles. The summed E-state index contributed by atoms with van der Waals surface area (Å²) in [5, 5.41) is 4.79. The zero-order valence-electron chi connectivity index (χ0n) is 16.7. The van der Waals surface area contributed by atoms with Crippen LogP contribution in [0.2, 0.25) is 0 Å². The van der Waals surface area contributed by atoms with E-state index >= 15 is 0 Å². The average Bonchev–Trinajstić information content (AvgIpc) is 3.22. The molecule has 2 fully saturated rings. The highest BCUT2D eigenvalue weighted by molar-refractivity contribution is 9.10. The Labute approximate surface area is 176 Å². The molecule has 0 amide bonds. The number of anilines is 1. The molecule has 150 valence electrons. The standard InChI is InChI=1S/C23H30BrN3O/c1-2-22(28)20-14-25-21-10-7-17(24)13-19(21)23(20)26-18-8-5-16(6-9-18)15-27-11-3-4-12-27/h7,10,13-14,16,18H,2-6,8-9,11-12,15H2,1H3,(H,25,26). The van der Waals surface area contributed by atoms with Crippen LogP contribution in [0.1, 0.15) is 62.2 Å². The summed E-state index contributed by atoms with van der Waals surface area (Å²) in [6.45, 7) is 5.77. The van der Waals surface area contributed by atoms with Crippen molar-refractivity contribution in [1.82, 2.24) is 9.88 Å². The number of likely N-dealkylation sites (tertiary alicyclic amines) is 1. The Hall–Kier alpha value is -1.46. The Morgan fingerprint density at radius 1 is 1.21 bits per heavy atom. The number of ketones is 1. The second-order valence-corrected chi connectivity index (χ2v) is 9.27. The van der Waals surface area contributed by atoms with E-state index in [1.165, 1.54) is 58.2 Å². The molecule has 5 heteroatoms. The molecule has 4 rings (SSSR count). The normalized spacial score (nSPS) is 23.2. The highest BCUT2D eigenvalue weighted by Crippen LogP contribution is 2.33. The topological polar surface area (TPSA) is 45.2 Å². The molecular formula is C23H30BrN3O. The van der Waals surface area contributed by atoms with Gasteiger partial charge < -0.3 is 10.2 Å². The smallest absolute Gasteiger partial charge is 0.166 e. The van der Waals surface area contributed by atoms with Gasteiger partial charge in [0.15, 0.2) is 5.78 Å². The summed E-state index contributed by atoms with van der Waals surface area (Å²) in [5.41, 5.74) is 2.63. The predicted octanol–water partition coefficient (Wildman–Crippen LogP) is 5.66. The first-order chi connectivity index (χ1) is 13.6. The van der Waals surface area contributed by atoms with Crippen molar-refractivity contribution in [3.8, 4) is 0 Å². The Bertz CT molecular complexity index is 839. The molecule has 1 aliphatic heterocycles. The largest absolute Gasteiger partial charge is 0.381 e. The number of hydrogen-bond acceptors (Lipinski definition) is 4. The third-order valence-corrected chi connectivity index (χ3v) is 6.86. The molecule has 1 saturated heterocycles. The number of nitrogens with one attached hydrogen (secondary N) is 1. The van der Waals surface area contributed by atoms with E-state index in [0.717, 1.165) is 32.5 Å². The Morgan fingerprint density at radius 2 is 1.96 bits per heavy atom. The summed E-state index contributed by atoms with van der Waals surface area (Å²) < 4.78 is 1.01. The second kappa shape index (κ2) is 8.91. The van der Waals surface area contributed by atoms with E-state index in [1.54, 1.807) is 6.20 Å². The van der Waals surface area contributed by atoms with Crippen LogP contribution in [-0.2, 0) is 0 Å². The molecule has 1 N–H and O–H groups in total. The Balaban J connectivity index is 1.50. The van der Waals surface area contributed by atoms with Crippen LogP contribution in [0.25, 0.3) is 10.9 Å². The quantitative estimate of drug-likeness (QED) is 0.585. The fraction of sp³-hybridized carbons (Fsp3) is 0.565. The van der Waals surface area contributed by atoms with Crippen molar-refractivity contribution in [2.24, 2.45) is 5.92 Å². The number of carbonyl (C=O) groups excluding carboxylic acids is 1. The summed E-state index contributed by atoms with van der Waals surface area (Å²) in [4.78, 5) is 19.7. The number of rotatable bonds is 6. The summed E-state index contributed by atoms with van der Waals surface area (Å²) in [6, 6.07) is 6.53. The van der Waals surface area contributed by atoms with Gasteiger partial charge in [0.2, 0.25) is 0 Å². The molecule has 2 heterocycles. The zero-order chi connectivity index (χ0) is 19.5. The van der Waals surface area contributed by atoms with Crippen molar-refractivity contribution < 1.29 is 4.79 Å². The van der Waals surface area contributed by atoms with Crippen LogP contribution in [-0.4, -0.2) is 41.3 Å². The summed E-state index contributed by atoms with van der Waals surface area (Å²) in [6.07, 6.45) is 9.90. The lowest BCUT2D eigenvalue weighted by Gasteiger charge is -2.32. The van der Waals surface area contributed by atoms with Crippen molar-refractivity contribution in [3.05, 3.63) is 34.4 Å². The molecule has 28 heavy (non-hydrogen) atoms. The van der Waals surface area contributed by atoms with Crippen LogP contribution in [0.4, 0.5) is 5.69 Å². The maximum atomic E-state index is 12.6. The van der Waals surface area contributed by atoms with Gasteiger partial charge in [-0.2, -0.15) is 0 Å². The van der Waals surface area contributed by atoms with Crippen LogP contribution >= 0.6 is 15.9 Å². The molecule has 1 aliphatic carbocycles. The van der Waals surface area contributed by atoms with Gasteiger partial charge in [0.25, 0.3) is 0 Å².